The summed E-state index contributed by atoms with van der Waals surface area (Å²) >= 11 is 0. The van der Waals surface area contributed by atoms with E-state index in [9.17, 15) is 0 Å². The first kappa shape index (κ1) is 12.0. The lowest BCUT2D eigenvalue weighted by molar-refractivity contribution is 0.0871. The molecule has 1 heterocycles. The molecule has 1 fully saturated rings. The molecular weight excluding hydrogens is 170 g/mol. The maximum Gasteiger partial charge on any atom is 0.00385 e. The van der Waals surface area contributed by atoms with Crippen molar-refractivity contribution in [1.29, 1.82) is 0 Å². The van der Waals surface area contributed by atoms with E-state index in [4.69, 9.17) is 0 Å². The van der Waals surface area contributed by atoms with E-state index >= 15 is 0 Å². The SMILES string of the molecule is CCCCC1(C)CCN(C(C)C)CC1. The first-order valence-electron chi connectivity index (χ1n) is 6.31. The Bertz CT molecular complexity index is 155. The van der Waals surface area contributed by atoms with Crippen LogP contribution in [0.2, 0.25) is 0 Å². The van der Waals surface area contributed by atoms with E-state index in [0.717, 1.165) is 6.04 Å². The molecule has 0 amide bonds. The molecular formula is C13H27N. The van der Waals surface area contributed by atoms with Crippen LogP contribution < -0.4 is 0 Å². The zero-order valence-corrected chi connectivity index (χ0v) is 10.5. The Balaban J connectivity index is 2.33. The Morgan fingerprint density at radius 1 is 1.21 bits per heavy atom. The molecule has 1 nitrogen and oxygen atoms in total. The van der Waals surface area contributed by atoms with Gasteiger partial charge in [0.15, 0.2) is 0 Å². The minimum absolute atomic E-state index is 0.654. The molecule has 0 aromatic heterocycles. The number of piperidine rings is 1. The van der Waals surface area contributed by atoms with Crippen molar-refractivity contribution in [3.8, 4) is 0 Å². The van der Waals surface area contributed by atoms with Crippen LogP contribution in [0.5, 0.6) is 0 Å². The van der Waals surface area contributed by atoms with Crippen LogP contribution in [0.25, 0.3) is 0 Å². The van der Waals surface area contributed by atoms with Gasteiger partial charge in [0.05, 0.1) is 0 Å². The molecule has 84 valence electrons. The average Bonchev–Trinajstić information content (AvgIpc) is 2.16. The van der Waals surface area contributed by atoms with Crippen LogP contribution in [0.15, 0.2) is 0 Å². The summed E-state index contributed by atoms with van der Waals surface area (Å²) in [6.45, 7) is 12.0. The molecule has 0 N–H and O–H groups in total. The van der Waals surface area contributed by atoms with E-state index in [1.807, 2.05) is 0 Å². The predicted molar refractivity (Wildman–Crippen MR) is 63.6 cm³/mol. The summed E-state index contributed by atoms with van der Waals surface area (Å²) in [4.78, 5) is 2.62. The summed E-state index contributed by atoms with van der Waals surface area (Å²) < 4.78 is 0. The molecule has 0 bridgehead atoms. The first-order chi connectivity index (χ1) is 6.57. The fraction of sp³-hybridized carbons (Fsp3) is 1.00. The lowest BCUT2D eigenvalue weighted by Crippen LogP contribution is -2.42. The highest BCUT2D eigenvalue weighted by Crippen LogP contribution is 2.36. The lowest BCUT2D eigenvalue weighted by atomic mass is 9.76. The van der Waals surface area contributed by atoms with Crippen molar-refractivity contribution in [2.24, 2.45) is 5.41 Å². The molecule has 14 heavy (non-hydrogen) atoms. The zero-order chi connectivity index (χ0) is 10.6. The van der Waals surface area contributed by atoms with Gasteiger partial charge in [-0.2, -0.15) is 0 Å². The Hall–Kier alpha value is -0.0400. The normalized spacial score (nSPS) is 22.9. The summed E-state index contributed by atoms with van der Waals surface area (Å²) in [7, 11) is 0. The Morgan fingerprint density at radius 2 is 1.79 bits per heavy atom. The largest absolute Gasteiger partial charge is 0.301 e. The predicted octanol–water partition coefficient (Wildman–Crippen LogP) is 3.69. The van der Waals surface area contributed by atoms with Gasteiger partial charge in [0.2, 0.25) is 0 Å². The van der Waals surface area contributed by atoms with E-state index in [1.54, 1.807) is 0 Å². The maximum atomic E-state index is 2.62. The van der Waals surface area contributed by atoms with Gasteiger partial charge in [0.1, 0.15) is 0 Å². The second kappa shape index (κ2) is 5.16. The summed E-state index contributed by atoms with van der Waals surface area (Å²) in [6.07, 6.45) is 7.02. The summed E-state index contributed by atoms with van der Waals surface area (Å²) in [5.74, 6) is 0. The van der Waals surface area contributed by atoms with Crippen molar-refractivity contribution in [2.75, 3.05) is 13.1 Å². The van der Waals surface area contributed by atoms with Crippen molar-refractivity contribution in [1.82, 2.24) is 4.90 Å². The second-order valence-corrected chi connectivity index (χ2v) is 5.54. The van der Waals surface area contributed by atoms with Crippen molar-refractivity contribution in [2.45, 2.75) is 65.8 Å². The third kappa shape index (κ3) is 3.27. The molecule has 0 spiro atoms. The monoisotopic (exact) mass is 197 g/mol. The number of rotatable bonds is 4. The van der Waals surface area contributed by atoms with E-state index < -0.39 is 0 Å². The highest BCUT2D eigenvalue weighted by molar-refractivity contribution is 4.83. The molecule has 1 rings (SSSR count). The van der Waals surface area contributed by atoms with Crippen LogP contribution in [-0.4, -0.2) is 24.0 Å². The molecule has 1 aliphatic rings. The van der Waals surface area contributed by atoms with Gasteiger partial charge in [-0.3, -0.25) is 0 Å². The molecule has 0 radical (unpaired) electrons. The van der Waals surface area contributed by atoms with E-state index in [1.165, 1.54) is 45.2 Å². The molecule has 0 saturated carbocycles. The molecule has 1 heteroatoms. The average molecular weight is 197 g/mol. The van der Waals surface area contributed by atoms with Gasteiger partial charge in [-0.05, 0) is 51.6 Å². The van der Waals surface area contributed by atoms with Crippen molar-refractivity contribution < 1.29 is 0 Å². The molecule has 0 atom stereocenters. The quantitative estimate of drug-likeness (QED) is 0.664. The summed E-state index contributed by atoms with van der Waals surface area (Å²) in [6, 6.07) is 0.741. The number of hydrogen-bond acceptors (Lipinski definition) is 1. The van der Waals surface area contributed by atoms with E-state index in [0.29, 0.717) is 5.41 Å². The Kier molecular flexibility index (Phi) is 4.43. The van der Waals surface area contributed by atoms with Crippen LogP contribution in [0.3, 0.4) is 0 Å². The second-order valence-electron chi connectivity index (χ2n) is 5.54. The molecule has 0 unspecified atom stereocenters. The van der Waals surface area contributed by atoms with Gasteiger partial charge >= 0.3 is 0 Å². The van der Waals surface area contributed by atoms with Crippen molar-refractivity contribution in [3.63, 3.8) is 0 Å². The fourth-order valence-electron chi connectivity index (χ4n) is 2.43. The highest BCUT2D eigenvalue weighted by Gasteiger charge is 2.29. The topological polar surface area (TPSA) is 3.24 Å². The van der Waals surface area contributed by atoms with Gasteiger partial charge in [-0.25, -0.2) is 0 Å². The third-order valence-corrected chi connectivity index (χ3v) is 3.87. The van der Waals surface area contributed by atoms with Crippen LogP contribution >= 0.6 is 0 Å². The minimum Gasteiger partial charge on any atom is -0.301 e. The molecule has 1 aliphatic heterocycles. The lowest BCUT2D eigenvalue weighted by Gasteiger charge is -2.41. The Morgan fingerprint density at radius 3 is 2.21 bits per heavy atom. The minimum atomic E-state index is 0.654. The first-order valence-corrected chi connectivity index (χ1v) is 6.31. The molecule has 0 aliphatic carbocycles. The van der Waals surface area contributed by atoms with Crippen LogP contribution in [0.4, 0.5) is 0 Å². The third-order valence-electron chi connectivity index (χ3n) is 3.87. The number of unbranched alkanes of at least 4 members (excludes halogenated alkanes) is 1. The number of hydrogen-bond donors (Lipinski definition) is 0. The summed E-state index contributed by atoms with van der Waals surface area (Å²) in [5, 5.41) is 0. The number of nitrogens with zero attached hydrogens (tertiary/aromatic N) is 1. The van der Waals surface area contributed by atoms with Crippen molar-refractivity contribution >= 4 is 0 Å². The van der Waals surface area contributed by atoms with Gasteiger partial charge in [0, 0.05) is 6.04 Å². The van der Waals surface area contributed by atoms with Gasteiger partial charge in [-0.1, -0.05) is 26.7 Å². The van der Waals surface area contributed by atoms with Gasteiger partial charge < -0.3 is 4.90 Å². The van der Waals surface area contributed by atoms with Crippen LogP contribution in [0.1, 0.15) is 59.8 Å². The number of likely N-dealkylation sites (tertiary alicyclic amines) is 1. The fourth-order valence-corrected chi connectivity index (χ4v) is 2.43. The maximum absolute atomic E-state index is 2.62. The van der Waals surface area contributed by atoms with Crippen LogP contribution in [-0.2, 0) is 0 Å². The molecule has 0 aromatic carbocycles. The highest BCUT2D eigenvalue weighted by atomic mass is 15.1. The standard InChI is InChI=1S/C13H27N/c1-5-6-7-13(4)8-10-14(11-9-13)12(2)3/h12H,5-11H2,1-4H3. The Labute approximate surface area is 89.9 Å². The molecule has 1 saturated heterocycles. The van der Waals surface area contributed by atoms with Crippen molar-refractivity contribution in [3.05, 3.63) is 0 Å². The zero-order valence-electron chi connectivity index (χ0n) is 10.5. The molecule has 0 aromatic rings. The summed E-state index contributed by atoms with van der Waals surface area (Å²) in [5.41, 5.74) is 0.654. The van der Waals surface area contributed by atoms with E-state index in [2.05, 4.69) is 32.6 Å². The van der Waals surface area contributed by atoms with E-state index in [-0.39, 0.29) is 0 Å². The smallest absolute Gasteiger partial charge is 0.00385 e. The van der Waals surface area contributed by atoms with Gasteiger partial charge in [-0.15, -0.1) is 0 Å². The van der Waals surface area contributed by atoms with Crippen LogP contribution in [0, 0.1) is 5.41 Å². The van der Waals surface area contributed by atoms with Gasteiger partial charge in [0.25, 0.3) is 0 Å².